The highest BCUT2D eigenvalue weighted by Gasteiger charge is 2.15. The molecular weight excluding hydrogens is 356 g/mol. The third-order valence-corrected chi connectivity index (χ3v) is 4.27. The van der Waals surface area contributed by atoms with Gasteiger partial charge in [0.15, 0.2) is 5.82 Å². The maximum Gasteiger partial charge on any atom is 0.437 e. The standard InChI is InChI=1S/C16H12N6O3S/c23-13(10-22-16(24)25-15(20-22)12-5-2-9-26-12)19-11-4-1-6-17-14(11)21-8-3-7-18-21/h1-9H,10H2,(H,19,23). The molecule has 0 aliphatic rings. The first-order valence-corrected chi connectivity index (χ1v) is 8.45. The lowest BCUT2D eigenvalue weighted by molar-refractivity contribution is -0.117. The van der Waals surface area contributed by atoms with Gasteiger partial charge in [-0.3, -0.25) is 4.79 Å². The number of nitrogens with zero attached hydrogens (tertiary/aromatic N) is 5. The Balaban J connectivity index is 1.53. The Kier molecular flexibility index (Phi) is 4.15. The molecule has 0 unspecified atom stereocenters. The summed E-state index contributed by atoms with van der Waals surface area (Å²) >= 11 is 1.39. The molecule has 0 saturated carbocycles. The minimum atomic E-state index is -0.693. The maximum absolute atomic E-state index is 12.3. The molecular formula is C16H12N6O3S. The van der Waals surface area contributed by atoms with Crippen LogP contribution in [0.5, 0.6) is 0 Å². The molecule has 1 amide bonds. The molecule has 4 rings (SSSR count). The zero-order valence-corrected chi connectivity index (χ0v) is 14.1. The number of thiophene rings is 1. The van der Waals surface area contributed by atoms with Crippen LogP contribution in [-0.2, 0) is 11.3 Å². The number of nitrogens with one attached hydrogen (secondary N) is 1. The second-order valence-electron chi connectivity index (χ2n) is 5.18. The molecule has 0 fully saturated rings. The van der Waals surface area contributed by atoms with E-state index in [-0.39, 0.29) is 12.4 Å². The molecule has 9 nitrogen and oxygen atoms in total. The molecule has 4 aromatic rings. The number of aromatic nitrogens is 5. The van der Waals surface area contributed by atoms with E-state index < -0.39 is 11.7 Å². The Morgan fingerprint density at radius 2 is 2.15 bits per heavy atom. The van der Waals surface area contributed by atoms with Crippen molar-refractivity contribution in [3.05, 3.63) is 64.9 Å². The summed E-state index contributed by atoms with van der Waals surface area (Å²) < 4.78 is 7.61. The van der Waals surface area contributed by atoms with Crippen LogP contribution in [0.25, 0.3) is 16.6 Å². The lowest BCUT2D eigenvalue weighted by atomic mass is 10.3. The highest BCUT2D eigenvalue weighted by atomic mass is 32.1. The number of anilines is 1. The van der Waals surface area contributed by atoms with Gasteiger partial charge in [0.2, 0.25) is 5.91 Å². The molecule has 0 aliphatic heterocycles. The first kappa shape index (κ1) is 16.0. The van der Waals surface area contributed by atoms with Gasteiger partial charge >= 0.3 is 5.76 Å². The van der Waals surface area contributed by atoms with Crippen LogP contribution < -0.4 is 11.1 Å². The summed E-state index contributed by atoms with van der Waals surface area (Å²) in [7, 11) is 0. The smallest absolute Gasteiger partial charge is 0.387 e. The van der Waals surface area contributed by atoms with E-state index in [2.05, 4.69) is 20.5 Å². The fourth-order valence-electron chi connectivity index (χ4n) is 2.30. The second kappa shape index (κ2) is 6.76. The first-order chi connectivity index (χ1) is 12.7. The van der Waals surface area contributed by atoms with Crippen LogP contribution in [-0.4, -0.2) is 30.5 Å². The molecule has 0 atom stereocenters. The van der Waals surface area contributed by atoms with Crippen molar-refractivity contribution in [1.82, 2.24) is 24.5 Å². The number of amides is 1. The van der Waals surface area contributed by atoms with Crippen molar-refractivity contribution < 1.29 is 9.21 Å². The molecule has 0 radical (unpaired) electrons. The molecule has 4 heterocycles. The molecule has 26 heavy (non-hydrogen) atoms. The van der Waals surface area contributed by atoms with Crippen molar-refractivity contribution in [3.63, 3.8) is 0 Å². The van der Waals surface area contributed by atoms with E-state index in [1.54, 1.807) is 42.9 Å². The molecule has 10 heteroatoms. The Bertz CT molecular complexity index is 1080. The zero-order chi connectivity index (χ0) is 17.9. The summed E-state index contributed by atoms with van der Waals surface area (Å²) in [6.45, 7) is -0.277. The fraction of sp³-hybridized carbons (Fsp3) is 0.0625. The van der Waals surface area contributed by atoms with Gasteiger partial charge in [-0.1, -0.05) is 6.07 Å². The van der Waals surface area contributed by atoms with E-state index in [9.17, 15) is 9.59 Å². The summed E-state index contributed by atoms with van der Waals surface area (Å²) in [5.41, 5.74) is 0.469. The van der Waals surface area contributed by atoms with Crippen molar-refractivity contribution in [2.75, 3.05) is 5.32 Å². The van der Waals surface area contributed by atoms with Crippen molar-refractivity contribution in [2.45, 2.75) is 6.54 Å². The lowest BCUT2D eigenvalue weighted by Gasteiger charge is -2.09. The van der Waals surface area contributed by atoms with Gasteiger partial charge in [0.25, 0.3) is 5.89 Å². The summed E-state index contributed by atoms with van der Waals surface area (Å²) in [6.07, 6.45) is 4.93. The number of hydrogen-bond acceptors (Lipinski definition) is 7. The molecule has 0 aliphatic carbocycles. The van der Waals surface area contributed by atoms with Crippen LogP contribution in [0, 0.1) is 0 Å². The van der Waals surface area contributed by atoms with Crippen LogP contribution in [0.4, 0.5) is 5.69 Å². The van der Waals surface area contributed by atoms with E-state index in [1.165, 1.54) is 16.0 Å². The van der Waals surface area contributed by atoms with Crippen LogP contribution in [0.2, 0.25) is 0 Å². The third kappa shape index (κ3) is 3.17. The van der Waals surface area contributed by atoms with Crippen molar-refractivity contribution in [2.24, 2.45) is 0 Å². The van der Waals surface area contributed by atoms with Crippen molar-refractivity contribution in [1.29, 1.82) is 0 Å². The zero-order valence-electron chi connectivity index (χ0n) is 13.3. The summed E-state index contributed by atoms with van der Waals surface area (Å²) in [5.74, 6) is -0.462. The first-order valence-electron chi connectivity index (χ1n) is 7.57. The largest absolute Gasteiger partial charge is 0.437 e. The minimum absolute atomic E-state index is 0.191. The Labute approximate surface area is 150 Å². The van der Waals surface area contributed by atoms with E-state index in [0.29, 0.717) is 11.5 Å². The van der Waals surface area contributed by atoms with Crippen molar-refractivity contribution >= 4 is 22.9 Å². The Morgan fingerprint density at radius 3 is 2.92 bits per heavy atom. The predicted octanol–water partition coefficient (Wildman–Crippen LogP) is 1.78. The van der Waals surface area contributed by atoms with E-state index >= 15 is 0 Å². The number of pyridine rings is 1. The molecule has 0 saturated heterocycles. The van der Waals surface area contributed by atoms with Gasteiger partial charge in [-0.05, 0) is 29.6 Å². The third-order valence-electron chi connectivity index (χ3n) is 3.41. The summed E-state index contributed by atoms with van der Waals surface area (Å²) in [6, 6.07) is 8.75. The van der Waals surface area contributed by atoms with Crippen LogP contribution in [0.15, 0.2) is 63.5 Å². The van der Waals surface area contributed by atoms with Gasteiger partial charge in [-0.15, -0.1) is 16.4 Å². The summed E-state index contributed by atoms with van der Waals surface area (Å²) in [4.78, 5) is 29.2. The van der Waals surface area contributed by atoms with Crippen LogP contribution in [0.3, 0.4) is 0 Å². The molecule has 0 aromatic carbocycles. The monoisotopic (exact) mass is 368 g/mol. The quantitative estimate of drug-likeness (QED) is 0.575. The predicted molar refractivity (Wildman–Crippen MR) is 94.1 cm³/mol. The van der Waals surface area contributed by atoms with Gasteiger partial charge in [-0.2, -0.15) is 9.78 Å². The average Bonchev–Trinajstić information content (AvgIpc) is 3.37. The second-order valence-corrected chi connectivity index (χ2v) is 6.13. The van der Waals surface area contributed by atoms with Gasteiger partial charge in [0, 0.05) is 18.6 Å². The SMILES string of the molecule is O=C(Cn1nc(-c2cccs2)oc1=O)Nc1cccnc1-n1cccn1. The van der Waals surface area contributed by atoms with E-state index in [4.69, 9.17) is 4.42 Å². The molecule has 1 N–H and O–H groups in total. The van der Waals surface area contributed by atoms with Crippen LogP contribution >= 0.6 is 11.3 Å². The minimum Gasteiger partial charge on any atom is -0.387 e. The Morgan fingerprint density at radius 1 is 1.23 bits per heavy atom. The molecule has 0 bridgehead atoms. The number of carbonyl (C=O) groups is 1. The molecule has 130 valence electrons. The van der Waals surface area contributed by atoms with E-state index in [0.717, 1.165) is 9.56 Å². The summed E-state index contributed by atoms with van der Waals surface area (Å²) in [5, 5.41) is 12.7. The topological polar surface area (TPSA) is 108 Å². The van der Waals surface area contributed by atoms with Gasteiger partial charge in [-0.25, -0.2) is 14.5 Å². The fourth-order valence-corrected chi connectivity index (χ4v) is 2.95. The Hall–Kier alpha value is -3.53. The van der Waals surface area contributed by atoms with Gasteiger partial charge < -0.3 is 9.73 Å². The normalized spacial score (nSPS) is 10.8. The highest BCUT2D eigenvalue weighted by molar-refractivity contribution is 7.13. The number of rotatable bonds is 5. The highest BCUT2D eigenvalue weighted by Crippen LogP contribution is 2.21. The maximum atomic E-state index is 12.3. The number of hydrogen-bond donors (Lipinski definition) is 1. The average molecular weight is 368 g/mol. The molecule has 0 spiro atoms. The van der Waals surface area contributed by atoms with E-state index in [1.807, 2.05) is 11.4 Å². The number of carbonyl (C=O) groups excluding carboxylic acids is 1. The van der Waals surface area contributed by atoms with Gasteiger partial charge in [0.1, 0.15) is 6.54 Å². The molecule has 4 aromatic heterocycles. The van der Waals surface area contributed by atoms with Crippen molar-refractivity contribution in [3.8, 4) is 16.6 Å². The lowest BCUT2D eigenvalue weighted by Crippen LogP contribution is -2.26. The van der Waals surface area contributed by atoms with Crippen LogP contribution in [0.1, 0.15) is 0 Å². The van der Waals surface area contributed by atoms with Gasteiger partial charge in [0.05, 0.1) is 10.6 Å².